The smallest absolute Gasteiger partial charge is 0.0772 e. The molecule has 0 spiro atoms. The number of aromatic nitrogens is 2. The van der Waals surface area contributed by atoms with E-state index in [1.807, 2.05) is 6.92 Å². The summed E-state index contributed by atoms with van der Waals surface area (Å²) >= 11 is 1.42. The highest BCUT2D eigenvalue weighted by Gasteiger charge is 2.21. The largest absolute Gasteiger partial charge is 0.323 e. The standard InChI is InChI=1S/C9H17N3S/c1-5(2)6(3)8(10)9-7(4)11-12-13-9/h5-6,8H,10H2,1-4H3. The summed E-state index contributed by atoms with van der Waals surface area (Å²) in [6, 6.07) is 0.0833. The third kappa shape index (κ3) is 2.25. The summed E-state index contributed by atoms with van der Waals surface area (Å²) in [5.41, 5.74) is 7.09. The molecule has 1 aromatic heterocycles. The second kappa shape index (κ2) is 4.15. The molecule has 0 aliphatic rings. The lowest BCUT2D eigenvalue weighted by atomic mass is 9.90. The average Bonchev–Trinajstić information content (AvgIpc) is 2.48. The molecule has 74 valence electrons. The van der Waals surface area contributed by atoms with Gasteiger partial charge in [-0.05, 0) is 30.3 Å². The SMILES string of the molecule is Cc1nnsc1C(N)C(C)C(C)C. The van der Waals surface area contributed by atoms with Crippen molar-refractivity contribution in [3.05, 3.63) is 10.6 Å². The summed E-state index contributed by atoms with van der Waals surface area (Å²) in [7, 11) is 0. The van der Waals surface area contributed by atoms with Crippen LogP contribution in [0.2, 0.25) is 0 Å². The number of nitrogens with zero attached hydrogens (tertiary/aromatic N) is 2. The maximum Gasteiger partial charge on any atom is 0.0772 e. The Kier molecular flexibility index (Phi) is 3.39. The summed E-state index contributed by atoms with van der Waals surface area (Å²) in [5, 5.41) is 3.97. The van der Waals surface area contributed by atoms with Gasteiger partial charge in [0.2, 0.25) is 0 Å². The van der Waals surface area contributed by atoms with Crippen molar-refractivity contribution < 1.29 is 0 Å². The van der Waals surface area contributed by atoms with Crippen molar-refractivity contribution in [2.75, 3.05) is 0 Å². The molecule has 1 rings (SSSR count). The predicted molar refractivity (Wildman–Crippen MR) is 55.6 cm³/mol. The summed E-state index contributed by atoms with van der Waals surface area (Å²) in [5.74, 6) is 1.07. The lowest BCUT2D eigenvalue weighted by molar-refractivity contribution is 0.354. The molecule has 4 heteroatoms. The van der Waals surface area contributed by atoms with Crippen LogP contribution in [-0.4, -0.2) is 9.59 Å². The van der Waals surface area contributed by atoms with E-state index >= 15 is 0 Å². The molecule has 2 N–H and O–H groups in total. The summed E-state index contributed by atoms with van der Waals surface area (Å²) in [6.07, 6.45) is 0. The fraction of sp³-hybridized carbons (Fsp3) is 0.778. The zero-order valence-electron chi connectivity index (χ0n) is 8.61. The second-order valence-electron chi connectivity index (χ2n) is 3.85. The number of hydrogen-bond acceptors (Lipinski definition) is 4. The average molecular weight is 199 g/mol. The highest BCUT2D eigenvalue weighted by molar-refractivity contribution is 7.05. The van der Waals surface area contributed by atoms with Crippen LogP contribution < -0.4 is 5.73 Å². The Morgan fingerprint density at radius 1 is 1.31 bits per heavy atom. The monoisotopic (exact) mass is 199 g/mol. The second-order valence-corrected chi connectivity index (χ2v) is 4.64. The first-order valence-corrected chi connectivity index (χ1v) is 5.35. The molecule has 2 unspecified atom stereocenters. The van der Waals surface area contributed by atoms with Crippen LogP contribution in [0, 0.1) is 18.8 Å². The van der Waals surface area contributed by atoms with Crippen LogP contribution in [0.1, 0.15) is 37.4 Å². The van der Waals surface area contributed by atoms with Gasteiger partial charge in [-0.2, -0.15) is 0 Å². The van der Waals surface area contributed by atoms with Crippen LogP contribution in [0.25, 0.3) is 0 Å². The first kappa shape index (κ1) is 10.6. The van der Waals surface area contributed by atoms with Crippen LogP contribution in [-0.2, 0) is 0 Å². The molecule has 0 saturated heterocycles. The zero-order chi connectivity index (χ0) is 10.0. The lowest BCUT2D eigenvalue weighted by Gasteiger charge is -2.21. The van der Waals surface area contributed by atoms with Gasteiger partial charge in [0.15, 0.2) is 0 Å². The molecule has 0 aliphatic carbocycles. The van der Waals surface area contributed by atoms with Gasteiger partial charge in [-0.15, -0.1) is 5.10 Å². The third-order valence-electron chi connectivity index (χ3n) is 2.61. The maximum atomic E-state index is 6.12. The van der Waals surface area contributed by atoms with Crippen molar-refractivity contribution in [2.45, 2.75) is 33.7 Å². The van der Waals surface area contributed by atoms with E-state index in [1.54, 1.807) is 0 Å². The van der Waals surface area contributed by atoms with Crippen molar-refractivity contribution in [3.8, 4) is 0 Å². The van der Waals surface area contributed by atoms with Gasteiger partial charge in [0.05, 0.1) is 10.6 Å². The van der Waals surface area contributed by atoms with E-state index in [-0.39, 0.29) is 6.04 Å². The Labute approximate surface area is 83.5 Å². The predicted octanol–water partition coefficient (Wildman–Crippen LogP) is 2.14. The minimum absolute atomic E-state index is 0.0833. The molecular weight excluding hydrogens is 182 g/mol. The minimum atomic E-state index is 0.0833. The van der Waals surface area contributed by atoms with E-state index in [2.05, 4.69) is 30.4 Å². The Balaban J connectivity index is 2.79. The van der Waals surface area contributed by atoms with E-state index in [9.17, 15) is 0 Å². The molecule has 0 bridgehead atoms. The highest BCUT2D eigenvalue weighted by atomic mass is 32.1. The van der Waals surface area contributed by atoms with E-state index in [4.69, 9.17) is 5.73 Å². The Morgan fingerprint density at radius 3 is 2.31 bits per heavy atom. The minimum Gasteiger partial charge on any atom is -0.323 e. The van der Waals surface area contributed by atoms with Gasteiger partial charge >= 0.3 is 0 Å². The summed E-state index contributed by atoms with van der Waals surface area (Å²) in [4.78, 5) is 1.13. The van der Waals surface area contributed by atoms with Crippen molar-refractivity contribution in [1.82, 2.24) is 9.59 Å². The molecular formula is C9H17N3S. The molecule has 3 nitrogen and oxygen atoms in total. The van der Waals surface area contributed by atoms with E-state index in [1.165, 1.54) is 11.5 Å². The van der Waals surface area contributed by atoms with Gasteiger partial charge in [-0.25, -0.2) is 0 Å². The van der Waals surface area contributed by atoms with Gasteiger partial charge in [-0.1, -0.05) is 25.3 Å². The van der Waals surface area contributed by atoms with Crippen molar-refractivity contribution in [1.29, 1.82) is 0 Å². The summed E-state index contributed by atoms with van der Waals surface area (Å²) in [6.45, 7) is 8.52. The van der Waals surface area contributed by atoms with E-state index in [0.717, 1.165) is 10.6 Å². The maximum absolute atomic E-state index is 6.12. The Morgan fingerprint density at radius 2 is 1.92 bits per heavy atom. The molecule has 2 atom stereocenters. The Bertz CT molecular complexity index is 270. The first-order valence-electron chi connectivity index (χ1n) is 4.58. The number of hydrogen-bond donors (Lipinski definition) is 1. The fourth-order valence-corrected chi connectivity index (χ4v) is 1.96. The molecule has 1 aromatic rings. The molecule has 0 radical (unpaired) electrons. The van der Waals surface area contributed by atoms with Crippen LogP contribution in [0.4, 0.5) is 0 Å². The van der Waals surface area contributed by atoms with Crippen LogP contribution >= 0.6 is 11.5 Å². The van der Waals surface area contributed by atoms with Gasteiger partial charge < -0.3 is 5.73 Å². The van der Waals surface area contributed by atoms with E-state index in [0.29, 0.717) is 11.8 Å². The molecule has 0 saturated carbocycles. The Hall–Kier alpha value is -0.480. The van der Waals surface area contributed by atoms with Crippen LogP contribution in [0.3, 0.4) is 0 Å². The van der Waals surface area contributed by atoms with Gasteiger partial charge in [-0.3, -0.25) is 0 Å². The lowest BCUT2D eigenvalue weighted by Crippen LogP contribution is -2.22. The van der Waals surface area contributed by atoms with Gasteiger partial charge in [0.1, 0.15) is 0 Å². The normalized spacial score (nSPS) is 16.2. The zero-order valence-corrected chi connectivity index (χ0v) is 9.43. The van der Waals surface area contributed by atoms with Gasteiger partial charge in [0.25, 0.3) is 0 Å². The fourth-order valence-electron chi connectivity index (χ4n) is 1.20. The molecule has 0 fully saturated rings. The van der Waals surface area contributed by atoms with Crippen molar-refractivity contribution in [3.63, 3.8) is 0 Å². The molecule has 0 amide bonds. The topological polar surface area (TPSA) is 51.8 Å². The van der Waals surface area contributed by atoms with Crippen LogP contribution in [0.15, 0.2) is 0 Å². The molecule has 1 heterocycles. The summed E-state index contributed by atoms with van der Waals surface area (Å²) < 4.78 is 3.90. The third-order valence-corrected chi connectivity index (χ3v) is 3.53. The van der Waals surface area contributed by atoms with Crippen LogP contribution in [0.5, 0.6) is 0 Å². The van der Waals surface area contributed by atoms with Gasteiger partial charge in [0, 0.05) is 6.04 Å². The molecule has 0 aromatic carbocycles. The number of rotatable bonds is 3. The van der Waals surface area contributed by atoms with E-state index < -0.39 is 0 Å². The highest BCUT2D eigenvalue weighted by Crippen LogP contribution is 2.28. The van der Waals surface area contributed by atoms with Crippen molar-refractivity contribution >= 4 is 11.5 Å². The molecule has 13 heavy (non-hydrogen) atoms. The first-order chi connectivity index (χ1) is 6.04. The quantitative estimate of drug-likeness (QED) is 0.811. The van der Waals surface area contributed by atoms with Crippen molar-refractivity contribution in [2.24, 2.45) is 17.6 Å². The number of aryl methyl sites for hydroxylation is 1. The molecule has 0 aliphatic heterocycles. The number of nitrogens with two attached hydrogens (primary N) is 1.